The van der Waals surface area contributed by atoms with Crippen LogP contribution in [0.3, 0.4) is 0 Å². The maximum Gasteiger partial charge on any atom is 0.274 e. The van der Waals surface area contributed by atoms with E-state index in [1.807, 2.05) is 0 Å². The number of amides is 1. The van der Waals surface area contributed by atoms with Gasteiger partial charge >= 0.3 is 0 Å². The summed E-state index contributed by atoms with van der Waals surface area (Å²) < 4.78 is 0. The predicted octanol–water partition coefficient (Wildman–Crippen LogP) is 0.864. The van der Waals surface area contributed by atoms with Crippen molar-refractivity contribution in [3.63, 3.8) is 0 Å². The second-order valence-corrected chi connectivity index (χ2v) is 4.34. The zero-order chi connectivity index (χ0) is 14.8. The Morgan fingerprint density at radius 3 is 2.48 bits per heavy atom. The first-order chi connectivity index (χ1) is 10.1. The molecule has 2 heterocycles. The molecule has 104 valence electrons. The van der Waals surface area contributed by atoms with E-state index in [1.165, 1.54) is 18.3 Å². The van der Waals surface area contributed by atoms with Crippen LogP contribution in [0.1, 0.15) is 10.5 Å². The van der Waals surface area contributed by atoms with Gasteiger partial charge in [0.15, 0.2) is 0 Å². The van der Waals surface area contributed by atoms with Crippen LogP contribution in [0.25, 0.3) is 10.8 Å². The highest BCUT2D eigenvalue weighted by Gasteiger charge is 2.09. The van der Waals surface area contributed by atoms with Crippen molar-refractivity contribution in [2.24, 2.45) is 0 Å². The highest BCUT2D eigenvalue weighted by molar-refractivity contribution is 6.03. The lowest BCUT2D eigenvalue weighted by Gasteiger charge is -2.05. The number of hydrogen-bond acceptors (Lipinski definition) is 4. The van der Waals surface area contributed by atoms with Crippen molar-refractivity contribution in [3.05, 3.63) is 69.0 Å². The van der Waals surface area contributed by atoms with Gasteiger partial charge < -0.3 is 5.32 Å². The molecule has 0 spiro atoms. The maximum atomic E-state index is 12.0. The summed E-state index contributed by atoms with van der Waals surface area (Å²) in [6, 6.07) is 9.47. The summed E-state index contributed by atoms with van der Waals surface area (Å²) >= 11 is 0. The number of H-pyrrole nitrogens is 2. The molecule has 21 heavy (non-hydrogen) atoms. The minimum Gasteiger partial charge on any atom is -0.321 e. The second kappa shape index (κ2) is 5.04. The molecule has 0 radical (unpaired) electrons. The van der Waals surface area contributed by atoms with Gasteiger partial charge in [-0.3, -0.25) is 29.6 Å². The number of fused-ring (bicyclic) bond motifs is 1. The summed E-state index contributed by atoms with van der Waals surface area (Å²) in [5, 5.41) is 7.57. The molecule has 1 amide bonds. The molecule has 1 aromatic carbocycles. The Morgan fingerprint density at radius 2 is 1.76 bits per heavy atom. The van der Waals surface area contributed by atoms with E-state index in [-0.39, 0.29) is 16.5 Å². The van der Waals surface area contributed by atoms with Crippen LogP contribution in [-0.2, 0) is 0 Å². The minimum absolute atomic E-state index is 0.206. The monoisotopic (exact) mass is 282 g/mol. The van der Waals surface area contributed by atoms with Crippen LogP contribution in [0.5, 0.6) is 0 Å². The number of nitrogens with one attached hydrogen (secondary N) is 3. The number of carbonyl (C=O) groups is 1. The molecule has 0 saturated heterocycles. The largest absolute Gasteiger partial charge is 0.321 e. The summed E-state index contributed by atoms with van der Waals surface area (Å²) in [4.78, 5) is 39.2. The van der Waals surface area contributed by atoms with Gasteiger partial charge in [0.25, 0.3) is 17.0 Å². The molecule has 3 rings (SSSR count). The predicted molar refractivity (Wildman–Crippen MR) is 77.4 cm³/mol. The van der Waals surface area contributed by atoms with E-state index in [0.29, 0.717) is 5.69 Å². The standard InChI is InChI=1S/C14H10N4O3/c19-12-9-5-4-8(7-10(9)13(20)18-17-12)16-14(21)11-3-1-2-6-15-11/h1-7H,(H,16,21)(H,17,19)(H,18,20). The fraction of sp³-hybridized carbons (Fsp3) is 0. The topological polar surface area (TPSA) is 108 Å². The quantitative estimate of drug-likeness (QED) is 0.648. The first-order valence-corrected chi connectivity index (χ1v) is 6.12. The normalized spacial score (nSPS) is 10.5. The Morgan fingerprint density at radius 1 is 1.00 bits per heavy atom. The van der Waals surface area contributed by atoms with Gasteiger partial charge in [0.2, 0.25) is 0 Å². The molecule has 0 atom stereocenters. The molecule has 0 aliphatic carbocycles. The van der Waals surface area contributed by atoms with Crippen LogP contribution in [0.15, 0.2) is 52.2 Å². The molecule has 7 heteroatoms. The number of pyridine rings is 1. The van der Waals surface area contributed by atoms with Gasteiger partial charge in [0.1, 0.15) is 5.69 Å². The molecule has 7 nitrogen and oxygen atoms in total. The number of aromatic nitrogens is 3. The smallest absolute Gasteiger partial charge is 0.274 e. The van der Waals surface area contributed by atoms with Crippen LogP contribution in [0.2, 0.25) is 0 Å². The zero-order valence-corrected chi connectivity index (χ0v) is 10.7. The van der Waals surface area contributed by atoms with E-state index < -0.39 is 17.0 Å². The number of nitrogens with zero attached hydrogens (tertiary/aromatic N) is 1. The van der Waals surface area contributed by atoms with Gasteiger partial charge in [-0.15, -0.1) is 0 Å². The Kier molecular flexibility index (Phi) is 3.07. The number of rotatable bonds is 2. The van der Waals surface area contributed by atoms with E-state index in [0.717, 1.165) is 0 Å². The van der Waals surface area contributed by atoms with Crippen molar-refractivity contribution in [1.29, 1.82) is 0 Å². The van der Waals surface area contributed by atoms with Gasteiger partial charge in [-0.25, -0.2) is 0 Å². The molecule has 0 bridgehead atoms. The van der Waals surface area contributed by atoms with E-state index in [1.54, 1.807) is 24.3 Å². The van der Waals surface area contributed by atoms with E-state index >= 15 is 0 Å². The van der Waals surface area contributed by atoms with Crippen molar-refractivity contribution >= 4 is 22.4 Å². The third-order valence-corrected chi connectivity index (χ3v) is 2.95. The van der Waals surface area contributed by atoms with Crippen molar-refractivity contribution in [3.8, 4) is 0 Å². The third kappa shape index (κ3) is 2.44. The van der Waals surface area contributed by atoms with Crippen LogP contribution >= 0.6 is 0 Å². The van der Waals surface area contributed by atoms with Gasteiger partial charge in [-0.05, 0) is 30.3 Å². The van der Waals surface area contributed by atoms with Gasteiger partial charge in [-0.1, -0.05) is 6.07 Å². The Balaban J connectivity index is 1.99. The van der Waals surface area contributed by atoms with Crippen LogP contribution in [0, 0.1) is 0 Å². The molecular formula is C14H10N4O3. The number of anilines is 1. The molecule has 0 aliphatic heterocycles. The maximum absolute atomic E-state index is 12.0. The van der Waals surface area contributed by atoms with Crippen molar-refractivity contribution in [1.82, 2.24) is 15.2 Å². The third-order valence-electron chi connectivity index (χ3n) is 2.95. The Labute approximate surface area is 117 Å². The highest BCUT2D eigenvalue weighted by Crippen LogP contribution is 2.13. The molecule has 3 N–H and O–H groups in total. The number of aromatic amines is 2. The minimum atomic E-state index is -0.432. The SMILES string of the molecule is O=C(Nc1ccc2c(=O)[nH][nH]c(=O)c2c1)c1ccccn1. The Bertz CT molecular complexity index is 928. The fourth-order valence-corrected chi connectivity index (χ4v) is 1.95. The van der Waals surface area contributed by atoms with Gasteiger partial charge in [0, 0.05) is 11.9 Å². The zero-order valence-electron chi connectivity index (χ0n) is 10.7. The number of carbonyl (C=O) groups excluding carboxylic acids is 1. The highest BCUT2D eigenvalue weighted by atomic mass is 16.2. The fourth-order valence-electron chi connectivity index (χ4n) is 1.95. The lowest BCUT2D eigenvalue weighted by Crippen LogP contribution is -2.19. The molecule has 0 fully saturated rings. The summed E-state index contributed by atoms with van der Waals surface area (Å²) in [5.41, 5.74) is -0.155. The van der Waals surface area contributed by atoms with Crippen molar-refractivity contribution < 1.29 is 4.79 Å². The van der Waals surface area contributed by atoms with E-state index in [2.05, 4.69) is 20.5 Å². The molecule has 0 unspecified atom stereocenters. The summed E-state index contributed by atoms with van der Waals surface area (Å²) in [6.07, 6.45) is 1.51. The van der Waals surface area contributed by atoms with Crippen LogP contribution < -0.4 is 16.4 Å². The first kappa shape index (κ1) is 12.8. The van der Waals surface area contributed by atoms with Crippen molar-refractivity contribution in [2.45, 2.75) is 0 Å². The number of hydrogen-bond donors (Lipinski definition) is 3. The van der Waals surface area contributed by atoms with E-state index in [4.69, 9.17) is 0 Å². The molecule has 3 aromatic rings. The lowest BCUT2D eigenvalue weighted by molar-refractivity contribution is 0.102. The summed E-state index contributed by atoms with van der Waals surface area (Å²) in [7, 11) is 0. The molecular weight excluding hydrogens is 272 g/mol. The average Bonchev–Trinajstić information content (AvgIpc) is 2.52. The van der Waals surface area contributed by atoms with Gasteiger partial charge in [-0.2, -0.15) is 0 Å². The molecule has 2 aromatic heterocycles. The first-order valence-electron chi connectivity index (χ1n) is 6.12. The average molecular weight is 282 g/mol. The summed E-state index contributed by atoms with van der Waals surface area (Å²) in [5.74, 6) is -0.392. The molecule has 0 saturated carbocycles. The molecule has 0 aliphatic rings. The van der Waals surface area contributed by atoms with Gasteiger partial charge in [0.05, 0.1) is 10.8 Å². The second-order valence-electron chi connectivity index (χ2n) is 4.34. The van der Waals surface area contributed by atoms with Crippen LogP contribution in [-0.4, -0.2) is 21.1 Å². The lowest BCUT2D eigenvalue weighted by atomic mass is 10.1. The Hall–Kier alpha value is -3.22. The van der Waals surface area contributed by atoms with E-state index in [9.17, 15) is 14.4 Å². The van der Waals surface area contributed by atoms with Crippen molar-refractivity contribution in [2.75, 3.05) is 5.32 Å². The number of benzene rings is 1. The van der Waals surface area contributed by atoms with Crippen LogP contribution in [0.4, 0.5) is 5.69 Å². The summed E-state index contributed by atoms with van der Waals surface area (Å²) in [6.45, 7) is 0.